The molecule has 0 aliphatic carbocycles. The van der Waals surface area contributed by atoms with Crippen molar-refractivity contribution >= 4 is 15.9 Å². The average molecular weight is 263 g/mol. The summed E-state index contributed by atoms with van der Waals surface area (Å²) in [6, 6.07) is -0.703. The molecule has 2 atom stereocenters. The number of rotatable bonds is 5. The lowest BCUT2D eigenvalue weighted by Gasteiger charge is -2.21. The molecule has 2 unspecified atom stereocenters. The Morgan fingerprint density at radius 2 is 2.24 bits per heavy atom. The maximum absolute atomic E-state index is 11.9. The van der Waals surface area contributed by atoms with Crippen molar-refractivity contribution in [1.82, 2.24) is 14.9 Å². The predicted molar refractivity (Wildman–Crippen MR) is 66.1 cm³/mol. The maximum Gasteiger partial charge on any atom is 0.240 e. The minimum absolute atomic E-state index is 0.206. The minimum atomic E-state index is -3.41. The first kappa shape index (κ1) is 14.4. The Morgan fingerprint density at radius 3 is 2.71 bits per heavy atom. The first-order chi connectivity index (χ1) is 7.88. The van der Waals surface area contributed by atoms with Crippen molar-refractivity contribution in [1.29, 1.82) is 0 Å². The topological polar surface area (TPSA) is 78.5 Å². The monoisotopic (exact) mass is 263 g/mol. The Kier molecular flexibility index (Phi) is 4.91. The number of sulfonamides is 1. The molecule has 0 radical (unpaired) electrons. The van der Waals surface area contributed by atoms with E-state index < -0.39 is 21.3 Å². The molecule has 1 heterocycles. The summed E-state index contributed by atoms with van der Waals surface area (Å²) in [5.41, 5.74) is 0. The van der Waals surface area contributed by atoms with Gasteiger partial charge in [-0.3, -0.25) is 4.79 Å². The molecule has 0 spiro atoms. The normalized spacial score (nSPS) is 22.4. The number of carbonyl (C=O) groups is 1. The third kappa shape index (κ3) is 3.65. The van der Waals surface area contributed by atoms with Crippen molar-refractivity contribution < 1.29 is 13.2 Å². The molecule has 1 aliphatic rings. The molecule has 2 N–H and O–H groups in total. The Balaban J connectivity index is 2.61. The second-order valence-electron chi connectivity index (χ2n) is 4.35. The largest absolute Gasteiger partial charge is 0.345 e. The SMILES string of the molecule is CCN(C)C(=O)C(C)NS(=O)(=O)C1CCNC1. The number of nitrogens with one attached hydrogen (secondary N) is 2. The van der Waals surface area contributed by atoms with Crippen molar-refractivity contribution in [3.63, 3.8) is 0 Å². The lowest BCUT2D eigenvalue weighted by molar-refractivity contribution is -0.131. The third-order valence-electron chi connectivity index (χ3n) is 3.02. The molecule has 0 aromatic carbocycles. The van der Waals surface area contributed by atoms with Crippen LogP contribution in [0.25, 0.3) is 0 Å². The van der Waals surface area contributed by atoms with Gasteiger partial charge in [-0.15, -0.1) is 0 Å². The van der Waals surface area contributed by atoms with Gasteiger partial charge >= 0.3 is 0 Å². The Bertz CT molecular complexity index is 363. The number of hydrogen-bond acceptors (Lipinski definition) is 4. The molecular weight excluding hydrogens is 242 g/mol. The summed E-state index contributed by atoms with van der Waals surface area (Å²) in [4.78, 5) is 13.3. The van der Waals surface area contributed by atoms with Crippen molar-refractivity contribution in [3.8, 4) is 0 Å². The van der Waals surface area contributed by atoms with E-state index in [1.165, 1.54) is 4.90 Å². The van der Waals surface area contributed by atoms with Crippen molar-refractivity contribution in [2.45, 2.75) is 31.6 Å². The second kappa shape index (κ2) is 5.79. The van der Waals surface area contributed by atoms with Crippen LogP contribution in [-0.2, 0) is 14.8 Å². The molecule has 0 saturated carbocycles. The second-order valence-corrected chi connectivity index (χ2v) is 6.34. The highest BCUT2D eigenvalue weighted by Gasteiger charge is 2.31. The molecule has 0 aromatic heterocycles. The lowest BCUT2D eigenvalue weighted by atomic mass is 10.3. The van der Waals surface area contributed by atoms with Crippen molar-refractivity contribution in [3.05, 3.63) is 0 Å². The highest BCUT2D eigenvalue weighted by atomic mass is 32.2. The Hall–Kier alpha value is -0.660. The highest BCUT2D eigenvalue weighted by molar-refractivity contribution is 7.90. The summed E-state index contributed by atoms with van der Waals surface area (Å²) >= 11 is 0. The van der Waals surface area contributed by atoms with Crippen LogP contribution in [0.1, 0.15) is 20.3 Å². The maximum atomic E-state index is 11.9. The molecule has 1 aliphatic heterocycles. The zero-order chi connectivity index (χ0) is 13.1. The van der Waals surface area contributed by atoms with Crippen LogP contribution in [0.2, 0.25) is 0 Å². The fraction of sp³-hybridized carbons (Fsp3) is 0.900. The first-order valence-corrected chi connectivity index (χ1v) is 7.40. The predicted octanol–water partition coefficient (Wildman–Crippen LogP) is -0.865. The Morgan fingerprint density at radius 1 is 1.59 bits per heavy atom. The fourth-order valence-electron chi connectivity index (χ4n) is 1.77. The van der Waals surface area contributed by atoms with Gasteiger partial charge in [-0.05, 0) is 26.8 Å². The summed E-state index contributed by atoms with van der Waals surface area (Å²) < 4.78 is 26.3. The summed E-state index contributed by atoms with van der Waals surface area (Å²) in [7, 11) is -1.75. The molecule has 100 valence electrons. The molecule has 7 heteroatoms. The summed E-state index contributed by atoms with van der Waals surface area (Å²) in [6.07, 6.45) is 0.597. The van der Waals surface area contributed by atoms with Gasteiger partial charge in [-0.1, -0.05) is 0 Å². The van der Waals surface area contributed by atoms with E-state index in [4.69, 9.17) is 0 Å². The van der Waals surface area contributed by atoms with Crippen LogP contribution in [0.3, 0.4) is 0 Å². The van der Waals surface area contributed by atoms with Crippen LogP contribution in [0, 0.1) is 0 Å². The molecule has 1 saturated heterocycles. The summed E-state index contributed by atoms with van der Waals surface area (Å²) in [6.45, 7) is 5.16. The zero-order valence-corrected chi connectivity index (χ0v) is 11.4. The summed E-state index contributed by atoms with van der Waals surface area (Å²) in [5, 5.41) is 2.57. The standard InChI is InChI=1S/C10H21N3O3S/c1-4-13(3)10(14)8(2)12-17(15,16)9-5-6-11-7-9/h8-9,11-12H,4-7H2,1-3H3. The Labute approximate surface area is 103 Å². The van der Waals surface area contributed by atoms with Crippen LogP contribution < -0.4 is 10.0 Å². The summed E-state index contributed by atoms with van der Waals surface area (Å²) in [5.74, 6) is -0.206. The molecule has 0 bridgehead atoms. The number of likely N-dealkylation sites (N-methyl/N-ethyl adjacent to an activating group) is 1. The van der Waals surface area contributed by atoms with Crippen LogP contribution in [0.4, 0.5) is 0 Å². The number of hydrogen-bond donors (Lipinski definition) is 2. The van der Waals surface area contributed by atoms with E-state index in [9.17, 15) is 13.2 Å². The van der Waals surface area contributed by atoms with Crippen LogP contribution in [-0.4, -0.2) is 57.2 Å². The molecule has 17 heavy (non-hydrogen) atoms. The van der Waals surface area contributed by atoms with E-state index in [1.807, 2.05) is 6.92 Å². The molecule has 1 fully saturated rings. The van der Waals surface area contributed by atoms with E-state index in [2.05, 4.69) is 10.0 Å². The van der Waals surface area contributed by atoms with Gasteiger partial charge in [0, 0.05) is 20.1 Å². The van der Waals surface area contributed by atoms with E-state index in [0.29, 0.717) is 26.1 Å². The third-order valence-corrected chi connectivity index (χ3v) is 4.98. The van der Waals surface area contributed by atoms with Gasteiger partial charge in [-0.2, -0.15) is 0 Å². The van der Waals surface area contributed by atoms with Gasteiger partial charge < -0.3 is 10.2 Å². The molecule has 0 aromatic rings. The van der Waals surface area contributed by atoms with E-state index >= 15 is 0 Å². The van der Waals surface area contributed by atoms with Gasteiger partial charge in [0.15, 0.2) is 0 Å². The highest BCUT2D eigenvalue weighted by Crippen LogP contribution is 2.09. The number of carbonyl (C=O) groups excluding carboxylic acids is 1. The molecular formula is C10H21N3O3S. The van der Waals surface area contributed by atoms with Crippen molar-refractivity contribution in [2.75, 3.05) is 26.7 Å². The van der Waals surface area contributed by atoms with Gasteiger partial charge in [0.25, 0.3) is 0 Å². The van der Waals surface area contributed by atoms with Crippen LogP contribution >= 0.6 is 0 Å². The minimum Gasteiger partial charge on any atom is -0.345 e. The smallest absolute Gasteiger partial charge is 0.240 e. The van der Waals surface area contributed by atoms with Gasteiger partial charge in [0.1, 0.15) is 0 Å². The van der Waals surface area contributed by atoms with Crippen LogP contribution in [0.15, 0.2) is 0 Å². The van der Waals surface area contributed by atoms with E-state index in [0.717, 1.165) is 0 Å². The molecule has 1 rings (SSSR count). The van der Waals surface area contributed by atoms with Gasteiger partial charge in [-0.25, -0.2) is 13.1 Å². The van der Waals surface area contributed by atoms with Gasteiger partial charge in [0.2, 0.25) is 15.9 Å². The molecule has 1 amide bonds. The van der Waals surface area contributed by atoms with Gasteiger partial charge in [0.05, 0.1) is 11.3 Å². The van der Waals surface area contributed by atoms with Crippen LogP contribution in [0.5, 0.6) is 0 Å². The van der Waals surface area contributed by atoms with E-state index in [1.54, 1.807) is 14.0 Å². The average Bonchev–Trinajstić information content (AvgIpc) is 2.80. The fourth-order valence-corrected chi connectivity index (χ4v) is 3.32. The first-order valence-electron chi connectivity index (χ1n) is 5.85. The van der Waals surface area contributed by atoms with E-state index in [-0.39, 0.29) is 5.91 Å². The number of nitrogens with zero attached hydrogens (tertiary/aromatic N) is 1. The number of amides is 1. The van der Waals surface area contributed by atoms with Crippen molar-refractivity contribution in [2.24, 2.45) is 0 Å². The quantitative estimate of drug-likeness (QED) is 0.676. The lowest BCUT2D eigenvalue weighted by Crippen LogP contribution is -2.48. The molecule has 6 nitrogen and oxygen atoms in total. The zero-order valence-electron chi connectivity index (χ0n) is 10.6.